The van der Waals surface area contributed by atoms with E-state index in [0.29, 0.717) is 0 Å². The summed E-state index contributed by atoms with van der Waals surface area (Å²) in [5.74, 6) is 0. The molecule has 0 radical (unpaired) electrons. The third-order valence-electron chi connectivity index (χ3n) is 4.27. The van der Waals surface area contributed by atoms with Crippen molar-refractivity contribution >= 4 is 11.3 Å². The minimum Gasteiger partial charge on any atom is -0.392 e. The molecule has 4 aromatic rings. The van der Waals surface area contributed by atoms with Gasteiger partial charge in [-0.15, -0.1) is 0 Å². The SMILES string of the molecule is O=[N+]([O-])c1ccc(-c2cn3cc(-c4cccc(CO)c4)ccc3n2)cc1. The highest BCUT2D eigenvalue weighted by atomic mass is 16.6. The van der Waals surface area contributed by atoms with Gasteiger partial charge in [0.05, 0.1) is 17.2 Å². The number of nitro groups is 1. The van der Waals surface area contributed by atoms with Crippen LogP contribution in [0.25, 0.3) is 28.0 Å². The monoisotopic (exact) mass is 345 g/mol. The zero-order valence-electron chi connectivity index (χ0n) is 13.7. The Morgan fingerprint density at radius 1 is 0.962 bits per heavy atom. The Balaban J connectivity index is 1.72. The third kappa shape index (κ3) is 2.94. The second kappa shape index (κ2) is 6.42. The van der Waals surface area contributed by atoms with Gasteiger partial charge in [0.25, 0.3) is 5.69 Å². The van der Waals surface area contributed by atoms with Gasteiger partial charge in [-0.25, -0.2) is 4.98 Å². The molecule has 0 atom stereocenters. The minimum absolute atomic E-state index is 0.00541. The van der Waals surface area contributed by atoms with E-state index in [4.69, 9.17) is 0 Å². The summed E-state index contributed by atoms with van der Waals surface area (Å²) < 4.78 is 1.93. The molecule has 0 aliphatic carbocycles. The number of non-ortho nitro benzene ring substituents is 1. The molecule has 0 saturated carbocycles. The second-order valence-electron chi connectivity index (χ2n) is 5.97. The normalized spacial score (nSPS) is 11.0. The van der Waals surface area contributed by atoms with Gasteiger partial charge in [0.2, 0.25) is 0 Å². The highest BCUT2D eigenvalue weighted by molar-refractivity contribution is 5.68. The van der Waals surface area contributed by atoms with Gasteiger partial charge >= 0.3 is 0 Å². The van der Waals surface area contributed by atoms with Crippen molar-refractivity contribution in [2.24, 2.45) is 0 Å². The Labute approximate surface area is 149 Å². The molecule has 0 aliphatic heterocycles. The van der Waals surface area contributed by atoms with Gasteiger partial charge in [0.1, 0.15) is 5.65 Å². The van der Waals surface area contributed by atoms with Crippen molar-refractivity contribution in [1.82, 2.24) is 9.38 Å². The smallest absolute Gasteiger partial charge is 0.269 e. The van der Waals surface area contributed by atoms with Crippen LogP contribution in [-0.2, 0) is 6.61 Å². The highest BCUT2D eigenvalue weighted by Gasteiger charge is 2.09. The van der Waals surface area contributed by atoms with Crippen LogP contribution in [0, 0.1) is 10.1 Å². The van der Waals surface area contributed by atoms with Crippen molar-refractivity contribution in [3.05, 3.63) is 88.7 Å². The lowest BCUT2D eigenvalue weighted by atomic mass is 10.1. The molecule has 2 aromatic carbocycles. The topological polar surface area (TPSA) is 80.7 Å². The largest absolute Gasteiger partial charge is 0.392 e. The lowest BCUT2D eigenvalue weighted by molar-refractivity contribution is -0.384. The number of imidazole rings is 1. The number of rotatable bonds is 4. The molecular formula is C20H15N3O3. The molecule has 128 valence electrons. The molecule has 26 heavy (non-hydrogen) atoms. The maximum atomic E-state index is 10.8. The first-order chi connectivity index (χ1) is 12.6. The van der Waals surface area contributed by atoms with E-state index in [-0.39, 0.29) is 12.3 Å². The summed E-state index contributed by atoms with van der Waals surface area (Å²) >= 11 is 0. The molecule has 0 saturated heterocycles. The van der Waals surface area contributed by atoms with E-state index in [1.165, 1.54) is 12.1 Å². The number of hydrogen-bond donors (Lipinski definition) is 1. The number of nitrogens with zero attached hydrogens (tertiary/aromatic N) is 3. The summed E-state index contributed by atoms with van der Waals surface area (Å²) in [6.45, 7) is 0.00541. The average molecular weight is 345 g/mol. The van der Waals surface area contributed by atoms with Gasteiger partial charge in [0.15, 0.2) is 0 Å². The lowest BCUT2D eigenvalue weighted by Crippen LogP contribution is -1.87. The first-order valence-corrected chi connectivity index (χ1v) is 8.08. The summed E-state index contributed by atoms with van der Waals surface area (Å²) in [7, 11) is 0. The molecular weight excluding hydrogens is 330 g/mol. The quantitative estimate of drug-likeness (QED) is 0.446. The fraction of sp³-hybridized carbons (Fsp3) is 0.0500. The van der Waals surface area contributed by atoms with Gasteiger partial charge in [-0.05, 0) is 47.0 Å². The molecule has 0 spiro atoms. The number of nitro benzene ring substituents is 1. The standard InChI is InChI=1S/C20H15N3O3/c24-13-14-2-1-3-16(10-14)17-6-9-20-21-19(12-22(20)11-17)15-4-7-18(8-5-15)23(25)26/h1-12,24H,13H2. The molecule has 0 fully saturated rings. The van der Waals surface area contributed by atoms with Crippen LogP contribution in [0.2, 0.25) is 0 Å². The van der Waals surface area contributed by atoms with Crippen molar-refractivity contribution in [2.75, 3.05) is 0 Å². The first-order valence-electron chi connectivity index (χ1n) is 8.08. The number of benzene rings is 2. The fourth-order valence-corrected chi connectivity index (χ4v) is 2.90. The van der Waals surface area contributed by atoms with Gasteiger partial charge in [-0.2, -0.15) is 0 Å². The molecule has 0 amide bonds. The van der Waals surface area contributed by atoms with Gasteiger partial charge in [-0.3, -0.25) is 10.1 Å². The molecule has 6 nitrogen and oxygen atoms in total. The van der Waals surface area contributed by atoms with Crippen LogP contribution in [0.15, 0.2) is 73.1 Å². The Morgan fingerprint density at radius 3 is 2.46 bits per heavy atom. The maximum Gasteiger partial charge on any atom is 0.269 e. The number of pyridine rings is 1. The van der Waals surface area contributed by atoms with Crippen molar-refractivity contribution in [2.45, 2.75) is 6.61 Å². The molecule has 2 heterocycles. The fourth-order valence-electron chi connectivity index (χ4n) is 2.90. The number of fused-ring (bicyclic) bond motifs is 1. The lowest BCUT2D eigenvalue weighted by Gasteiger charge is -2.04. The van der Waals surface area contributed by atoms with Crippen LogP contribution < -0.4 is 0 Å². The maximum absolute atomic E-state index is 10.8. The van der Waals surface area contributed by atoms with E-state index in [2.05, 4.69) is 4.98 Å². The van der Waals surface area contributed by atoms with Crippen LogP contribution >= 0.6 is 0 Å². The number of aliphatic hydroxyl groups excluding tert-OH is 1. The zero-order chi connectivity index (χ0) is 18.1. The third-order valence-corrected chi connectivity index (χ3v) is 4.27. The van der Waals surface area contributed by atoms with E-state index in [0.717, 1.165) is 33.6 Å². The number of aliphatic hydroxyl groups is 1. The van der Waals surface area contributed by atoms with Gasteiger partial charge < -0.3 is 9.51 Å². The Bertz CT molecular complexity index is 1100. The predicted molar refractivity (Wildman–Crippen MR) is 98.6 cm³/mol. The Hall–Kier alpha value is -3.51. The van der Waals surface area contributed by atoms with Gasteiger partial charge in [0, 0.05) is 30.1 Å². The molecule has 0 unspecified atom stereocenters. The predicted octanol–water partition coefficient (Wildman–Crippen LogP) is 4.07. The molecule has 0 bridgehead atoms. The Morgan fingerprint density at radius 2 is 1.73 bits per heavy atom. The van der Waals surface area contributed by atoms with E-state index < -0.39 is 4.92 Å². The van der Waals surface area contributed by atoms with Crippen LogP contribution in [-0.4, -0.2) is 19.4 Å². The summed E-state index contributed by atoms with van der Waals surface area (Å²) in [6.07, 6.45) is 3.88. The number of aromatic nitrogens is 2. The van der Waals surface area contributed by atoms with Crippen molar-refractivity contribution in [3.63, 3.8) is 0 Å². The molecule has 0 aliphatic rings. The van der Waals surface area contributed by atoms with Gasteiger partial charge in [-0.1, -0.05) is 18.2 Å². The van der Waals surface area contributed by atoms with E-state index in [1.54, 1.807) is 12.1 Å². The minimum atomic E-state index is -0.416. The zero-order valence-corrected chi connectivity index (χ0v) is 13.7. The molecule has 6 heteroatoms. The van der Waals surface area contributed by atoms with Crippen LogP contribution in [0.5, 0.6) is 0 Å². The van der Waals surface area contributed by atoms with Crippen molar-refractivity contribution in [3.8, 4) is 22.4 Å². The summed E-state index contributed by atoms with van der Waals surface area (Å²) in [5.41, 5.74) is 5.32. The summed E-state index contributed by atoms with van der Waals surface area (Å²) in [6, 6.07) is 18.0. The van der Waals surface area contributed by atoms with Crippen LogP contribution in [0.4, 0.5) is 5.69 Å². The van der Waals surface area contributed by atoms with Crippen molar-refractivity contribution in [1.29, 1.82) is 0 Å². The van der Waals surface area contributed by atoms with Crippen LogP contribution in [0.3, 0.4) is 0 Å². The van der Waals surface area contributed by atoms with E-state index in [9.17, 15) is 15.2 Å². The first kappa shape index (κ1) is 16.0. The molecule has 4 rings (SSSR count). The molecule has 2 aromatic heterocycles. The highest BCUT2D eigenvalue weighted by Crippen LogP contribution is 2.25. The molecule has 1 N–H and O–H groups in total. The summed E-state index contributed by atoms with van der Waals surface area (Å²) in [4.78, 5) is 14.9. The van der Waals surface area contributed by atoms with Crippen LogP contribution in [0.1, 0.15) is 5.56 Å². The Kier molecular flexibility index (Phi) is 3.95. The second-order valence-corrected chi connectivity index (χ2v) is 5.97. The summed E-state index contributed by atoms with van der Waals surface area (Å²) in [5, 5.41) is 20.1. The van der Waals surface area contributed by atoms with E-state index >= 15 is 0 Å². The van der Waals surface area contributed by atoms with Crippen molar-refractivity contribution < 1.29 is 10.0 Å². The number of hydrogen-bond acceptors (Lipinski definition) is 4. The van der Waals surface area contributed by atoms with E-state index in [1.807, 2.05) is 53.2 Å². The average Bonchev–Trinajstić information content (AvgIpc) is 3.11.